The number of urea groups is 1. The summed E-state index contributed by atoms with van der Waals surface area (Å²) in [5.41, 5.74) is 5.80. The van der Waals surface area contributed by atoms with Gasteiger partial charge in [-0.1, -0.05) is 23.7 Å². The van der Waals surface area contributed by atoms with Crippen LogP contribution in [-0.2, 0) is 20.9 Å². The van der Waals surface area contributed by atoms with Crippen molar-refractivity contribution in [3.8, 4) is 0 Å². The first-order valence-electron chi connectivity index (χ1n) is 8.16. The number of benzene rings is 1. The molecule has 2 atom stereocenters. The Morgan fingerprint density at radius 1 is 1.22 bits per heavy atom. The Balaban J connectivity index is 1.90. The molecular formula is C18H20ClN3O5. The summed E-state index contributed by atoms with van der Waals surface area (Å²) in [6.07, 6.45) is 0.292. The zero-order valence-corrected chi connectivity index (χ0v) is 15.4. The van der Waals surface area contributed by atoms with Gasteiger partial charge in [0.05, 0.1) is 25.3 Å². The quantitative estimate of drug-likeness (QED) is 0.593. The molecule has 1 aromatic carbocycles. The van der Waals surface area contributed by atoms with E-state index in [9.17, 15) is 14.4 Å². The second-order valence-corrected chi connectivity index (χ2v) is 6.18. The van der Waals surface area contributed by atoms with E-state index < -0.39 is 30.1 Å². The fourth-order valence-corrected chi connectivity index (χ4v) is 2.44. The van der Waals surface area contributed by atoms with Crippen molar-refractivity contribution >= 4 is 29.5 Å². The molecule has 0 bridgehead atoms. The molecule has 2 unspecified atom stereocenters. The Hall–Kier alpha value is -3.00. The molecule has 3 amide bonds. The number of hydrogen-bond acceptors (Lipinski definition) is 5. The Morgan fingerprint density at radius 3 is 2.52 bits per heavy atom. The lowest BCUT2D eigenvalue weighted by Gasteiger charge is -2.19. The summed E-state index contributed by atoms with van der Waals surface area (Å²) in [5.74, 6) is -0.551. The number of amides is 3. The normalized spacial score (nSPS) is 12.7. The van der Waals surface area contributed by atoms with Crippen LogP contribution in [0, 0.1) is 0 Å². The number of hydrogen-bond donors (Lipinski definition) is 3. The Labute approximate surface area is 161 Å². The van der Waals surface area contributed by atoms with Gasteiger partial charge in [-0.25, -0.2) is 4.79 Å². The lowest BCUT2D eigenvalue weighted by molar-refractivity contribution is -0.155. The highest BCUT2D eigenvalue weighted by Gasteiger charge is 2.22. The van der Waals surface area contributed by atoms with Crippen molar-refractivity contribution in [3.05, 3.63) is 59.0 Å². The van der Waals surface area contributed by atoms with Gasteiger partial charge in [-0.3, -0.25) is 9.59 Å². The van der Waals surface area contributed by atoms with Crippen molar-refractivity contribution in [1.29, 1.82) is 0 Å². The Bertz CT molecular complexity index is 777. The fourth-order valence-electron chi connectivity index (χ4n) is 2.32. The third-order valence-electron chi connectivity index (χ3n) is 3.65. The predicted molar refractivity (Wildman–Crippen MR) is 97.6 cm³/mol. The van der Waals surface area contributed by atoms with Gasteiger partial charge >= 0.3 is 12.0 Å². The average Bonchev–Trinajstić information content (AvgIpc) is 3.12. The second-order valence-electron chi connectivity index (χ2n) is 5.75. The van der Waals surface area contributed by atoms with E-state index in [4.69, 9.17) is 26.5 Å². The maximum atomic E-state index is 12.2. The predicted octanol–water partition coefficient (Wildman–Crippen LogP) is 2.28. The number of nitrogens with two attached hydrogens (primary N) is 1. The van der Waals surface area contributed by atoms with Gasteiger partial charge in [0.1, 0.15) is 5.76 Å². The van der Waals surface area contributed by atoms with Crippen LogP contribution < -0.4 is 16.4 Å². The number of halogens is 1. The van der Waals surface area contributed by atoms with Crippen molar-refractivity contribution in [2.45, 2.75) is 32.0 Å². The smallest absolute Gasteiger partial charge is 0.312 e. The minimum Gasteiger partial charge on any atom is -0.467 e. The monoisotopic (exact) mass is 393 g/mol. The number of rotatable bonds is 8. The first-order chi connectivity index (χ1) is 12.8. The van der Waals surface area contributed by atoms with Gasteiger partial charge in [0, 0.05) is 5.02 Å². The maximum Gasteiger partial charge on any atom is 0.312 e. The van der Waals surface area contributed by atoms with Crippen molar-refractivity contribution in [2.24, 2.45) is 5.73 Å². The first kappa shape index (κ1) is 20.3. The largest absolute Gasteiger partial charge is 0.467 e. The molecule has 0 aliphatic heterocycles. The van der Waals surface area contributed by atoms with Crippen LogP contribution in [0.4, 0.5) is 4.79 Å². The van der Waals surface area contributed by atoms with E-state index in [-0.39, 0.29) is 13.0 Å². The van der Waals surface area contributed by atoms with Crippen LogP contribution in [0.15, 0.2) is 47.1 Å². The molecule has 27 heavy (non-hydrogen) atoms. The SMILES string of the molecule is CC(OC(=O)CC(NC(N)=O)c1ccc(Cl)cc1)C(=O)NCc1ccco1. The molecule has 0 aliphatic carbocycles. The number of nitrogens with one attached hydrogen (secondary N) is 2. The standard InChI is InChI=1S/C18H20ClN3O5/c1-11(17(24)21-10-14-3-2-8-26-14)27-16(23)9-15(22-18(20)25)12-4-6-13(19)7-5-12/h2-8,11,15H,9-10H2,1H3,(H,21,24)(H3,20,22,25). The molecule has 0 saturated heterocycles. The van der Waals surface area contributed by atoms with Crippen LogP contribution in [-0.4, -0.2) is 24.0 Å². The molecule has 8 nitrogen and oxygen atoms in total. The van der Waals surface area contributed by atoms with E-state index in [2.05, 4.69) is 10.6 Å². The molecule has 0 spiro atoms. The number of primary amides is 1. The van der Waals surface area contributed by atoms with Gasteiger partial charge in [0.2, 0.25) is 0 Å². The van der Waals surface area contributed by atoms with Gasteiger partial charge in [0.25, 0.3) is 5.91 Å². The zero-order valence-electron chi connectivity index (χ0n) is 14.6. The number of esters is 1. The Kier molecular flexibility index (Phi) is 7.25. The van der Waals surface area contributed by atoms with Gasteiger partial charge in [-0.2, -0.15) is 0 Å². The van der Waals surface area contributed by atoms with E-state index in [0.29, 0.717) is 16.3 Å². The van der Waals surface area contributed by atoms with E-state index in [0.717, 1.165) is 0 Å². The van der Waals surface area contributed by atoms with Crippen LogP contribution in [0.25, 0.3) is 0 Å². The molecule has 0 radical (unpaired) electrons. The lowest BCUT2D eigenvalue weighted by Crippen LogP contribution is -2.37. The number of carbonyl (C=O) groups is 3. The molecule has 0 aliphatic rings. The van der Waals surface area contributed by atoms with Crippen LogP contribution in [0.2, 0.25) is 5.02 Å². The third-order valence-corrected chi connectivity index (χ3v) is 3.91. The highest BCUT2D eigenvalue weighted by atomic mass is 35.5. The molecular weight excluding hydrogens is 374 g/mol. The first-order valence-corrected chi connectivity index (χ1v) is 8.54. The van der Waals surface area contributed by atoms with E-state index >= 15 is 0 Å². The molecule has 0 fully saturated rings. The number of furan rings is 1. The minimum absolute atomic E-state index is 0.185. The maximum absolute atomic E-state index is 12.2. The molecule has 2 rings (SSSR count). The summed E-state index contributed by atoms with van der Waals surface area (Å²) in [7, 11) is 0. The highest BCUT2D eigenvalue weighted by Crippen LogP contribution is 2.20. The van der Waals surface area contributed by atoms with Crippen LogP contribution in [0.3, 0.4) is 0 Å². The zero-order chi connectivity index (χ0) is 19.8. The summed E-state index contributed by atoms with van der Waals surface area (Å²) in [6.45, 7) is 1.64. The molecule has 2 aromatic rings. The topological polar surface area (TPSA) is 124 Å². The van der Waals surface area contributed by atoms with Crippen molar-refractivity contribution in [3.63, 3.8) is 0 Å². The average molecular weight is 394 g/mol. The summed E-state index contributed by atoms with van der Waals surface area (Å²) < 4.78 is 10.2. The summed E-state index contributed by atoms with van der Waals surface area (Å²) in [6, 6.07) is 8.51. The van der Waals surface area contributed by atoms with Gasteiger partial charge in [-0.15, -0.1) is 0 Å². The van der Waals surface area contributed by atoms with Crippen molar-refractivity contribution in [2.75, 3.05) is 0 Å². The molecule has 9 heteroatoms. The molecule has 1 heterocycles. The van der Waals surface area contributed by atoms with Gasteiger partial charge in [-0.05, 0) is 36.8 Å². The summed E-state index contributed by atoms with van der Waals surface area (Å²) >= 11 is 5.84. The van der Waals surface area contributed by atoms with Gasteiger partial charge < -0.3 is 25.5 Å². The third kappa shape index (κ3) is 6.67. The number of carbonyl (C=O) groups excluding carboxylic acids is 3. The Morgan fingerprint density at radius 2 is 1.93 bits per heavy atom. The molecule has 4 N–H and O–H groups in total. The van der Waals surface area contributed by atoms with Crippen molar-refractivity contribution in [1.82, 2.24) is 10.6 Å². The number of ether oxygens (including phenoxy) is 1. The minimum atomic E-state index is -1.01. The second kappa shape index (κ2) is 9.63. The summed E-state index contributed by atoms with van der Waals surface area (Å²) in [4.78, 5) is 35.4. The molecule has 144 valence electrons. The molecule has 1 aromatic heterocycles. The van der Waals surface area contributed by atoms with Crippen LogP contribution in [0.1, 0.15) is 30.7 Å². The van der Waals surface area contributed by atoms with Crippen molar-refractivity contribution < 1.29 is 23.5 Å². The van der Waals surface area contributed by atoms with Crippen LogP contribution in [0.5, 0.6) is 0 Å². The van der Waals surface area contributed by atoms with Crippen LogP contribution >= 0.6 is 11.6 Å². The van der Waals surface area contributed by atoms with E-state index in [1.54, 1.807) is 36.4 Å². The lowest BCUT2D eigenvalue weighted by atomic mass is 10.0. The fraction of sp³-hybridized carbons (Fsp3) is 0.278. The van der Waals surface area contributed by atoms with E-state index in [1.807, 2.05) is 0 Å². The summed E-state index contributed by atoms with van der Waals surface area (Å²) in [5, 5.41) is 5.59. The van der Waals surface area contributed by atoms with Gasteiger partial charge in [0.15, 0.2) is 6.10 Å². The molecule has 0 saturated carbocycles. The highest BCUT2D eigenvalue weighted by molar-refractivity contribution is 6.30. The van der Waals surface area contributed by atoms with E-state index in [1.165, 1.54) is 13.2 Å².